The zero-order chi connectivity index (χ0) is 20.7. The van der Waals surface area contributed by atoms with Crippen LogP contribution in [0.1, 0.15) is 95.2 Å². The normalized spacial score (nSPS) is 12.8. The largest absolute Gasteiger partial charge is 0.389 e. The standard InChI is InChI=1S/C24H37N3O2/c1-2-3-4-5-6-7-8-11-16-21(28)17-12-9-10-13-20-24(29)27-23-19-15-14-18-22(23)25-26-27/h11,14-16,18-19,21,28H,2-10,12-13,17,20H2,1H3/b16-11-. The minimum Gasteiger partial charge on any atom is -0.389 e. The molecule has 0 radical (unpaired) electrons. The number of fused-ring (bicyclic) bond motifs is 1. The molecule has 0 aliphatic rings. The van der Waals surface area contributed by atoms with Crippen molar-refractivity contribution in [1.82, 2.24) is 15.0 Å². The molecule has 0 amide bonds. The summed E-state index contributed by atoms with van der Waals surface area (Å²) in [6, 6.07) is 7.51. The van der Waals surface area contributed by atoms with Gasteiger partial charge < -0.3 is 5.11 Å². The molecule has 0 saturated carbocycles. The average Bonchev–Trinajstić information content (AvgIpc) is 3.16. The fraction of sp³-hybridized carbons (Fsp3) is 0.625. The second kappa shape index (κ2) is 14.0. The number of aliphatic hydroxyl groups excluding tert-OH is 1. The zero-order valence-corrected chi connectivity index (χ0v) is 17.9. The summed E-state index contributed by atoms with van der Waals surface area (Å²) in [6.45, 7) is 2.24. The molecule has 0 fully saturated rings. The van der Waals surface area contributed by atoms with Gasteiger partial charge in [-0.25, -0.2) is 0 Å². The highest BCUT2D eigenvalue weighted by atomic mass is 16.3. The van der Waals surface area contributed by atoms with Gasteiger partial charge in [-0.05, 0) is 37.8 Å². The molecule has 1 atom stereocenters. The Balaban J connectivity index is 1.49. The van der Waals surface area contributed by atoms with Gasteiger partial charge >= 0.3 is 0 Å². The van der Waals surface area contributed by atoms with Gasteiger partial charge in [-0.1, -0.05) is 87.8 Å². The van der Waals surface area contributed by atoms with E-state index in [1.807, 2.05) is 30.3 Å². The van der Waals surface area contributed by atoms with Gasteiger partial charge in [0.2, 0.25) is 5.91 Å². The highest BCUT2D eigenvalue weighted by Gasteiger charge is 2.10. The molecule has 2 aromatic rings. The molecule has 0 bridgehead atoms. The summed E-state index contributed by atoms with van der Waals surface area (Å²) in [5.74, 6) is -0.00337. The van der Waals surface area contributed by atoms with E-state index in [2.05, 4.69) is 23.3 Å². The lowest BCUT2D eigenvalue weighted by molar-refractivity contribution is 0.0886. The molecular formula is C24H37N3O2. The number of carbonyl (C=O) groups is 1. The first kappa shape index (κ1) is 23.3. The minimum absolute atomic E-state index is 0.00337. The topological polar surface area (TPSA) is 68.0 Å². The van der Waals surface area contributed by atoms with Crippen molar-refractivity contribution < 1.29 is 9.90 Å². The molecule has 0 spiro atoms. The Morgan fingerprint density at radius 3 is 2.62 bits per heavy atom. The van der Waals surface area contributed by atoms with E-state index in [1.54, 1.807) is 0 Å². The second-order valence-electron chi connectivity index (χ2n) is 7.89. The summed E-state index contributed by atoms with van der Waals surface area (Å²) < 4.78 is 1.41. The van der Waals surface area contributed by atoms with Gasteiger partial charge in [0.25, 0.3) is 0 Å². The van der Waals surface area contributed by atoms with E-state index in [0.29, 0.717) is 6.42 Å². The van der Waals surface area contributed by atoms with Crippen LogP contribution in [-0.4, -0.2) is 32.1 Å². The Labute approximate surface area is 175 Å². The predicted octanol–water partition coefficient (Wildman–Crippen LogP) is 6.08. The summed E-state index contributed by atoms with van der Waals surface area (Å²) in [6.07, 6.45) is 17.8. The van der Waals surface area contributed by atoms with Crippen molar-refractivity contribution in [1.29, 1.82) is 0 Å². The van der Waals surface area contributed by atoms with Crippen LogP contribution in [0, 0.1) is 0 Å². The second-order valence-corrected chi connectivity index (χ2v) is 7.89. The first-order chi connectivity index (χ1) is 14.2. The van der Waals surface area contributed by atoms with Crippen LogP contribution in [0.5, 0.6) is 0 Å². The molecule has 0 aliphatic carbocycles. The molecular weight excluding hydrogens is 362 g/mol. The predicted molar refractivity (Wildman–Crippen MR) is 119 cm³/mol. The van der Waals surface area contributed by atoms with Gasteiger partial charge in [-0.2, -0.15) is 4.68 Å². The number of aliphatic hydroxyl groups is 1. The number of para-hydroxylation sites is 1. The summed E-state index contributed by atoms with van der Waals surface area (Å²) in [5.41, 5.74) is 1.52. The van der Waals surface area contributed by atoms with Gasteiger partial charge in [0, 0.05) is 6.42 Å². The Bertz CT molecular complexity index is 739. The molecule has 1 N–H and O–H groups in total. The highest BCUT2D eigenvalue weighted by molar-refractivity contribution is 5.88. The number of aromatic nitrogens is 3. The third kappa shape index (κ3) is 8.90. The maximum Gasteiger partial charge on any atom is 0.248 e. The molecule has 2 rings (SSSR count). The molecule has 1 unspecified atom stereocenters. The Morgan fingerprint density at radius 2 is 1.76 bits per heavy atom. The van der Waals surface area contributed by atoms with Crippen molar-refractivity contribution in [2.24, 2.45) is 0 Å². The van der Waals surface area contributed by atoms with E-state index in [4.69, 9.17) is 0 Å². The SMILES string of the molecule is CCCCCCCC/C=C\C(O)CCCCCCC(=O)n1nnc2ccccc21. The van der Waals surface area contributed by atoms with Crippen molar-refractivity contribution in [2.75, 3.05) is 0 Å². The number of rotatable bonds is 15. The molecule has 29 heavy (non-hydrogen) atoms. The number of unbranched alkanes of at least 4 members (excludes halogenated alkanes) is 9. The van der Waals surface area contributed by atoms with Crippen molar-refractivity contribution in [3.05, 3.63) is 36.4 Å². The van der Waals surface area contributed by atoms with Gasteiger partial charge in [-0.15, -0.1) is 5.10 Å². The van der Waals surface area contributed by atoms with Crippen molar-refractivity contribution >= 4 is 16.9 Å². The van der Waals surface area contributed by atoms with Crippen LogP contribution in [0.3, 0.4) is 0 Å². The van der Waals surface area contributed by atoms with Crippen LogP contribution in [-0.2, 0) is 0 Å². The smallest absolute Gasteiger partial charge is 0.248 e. The Kier molecular flexibility index (Phi) is 11.3. The maximum absolute atomic E-state index is 12.3. The monoisotopic (exact) mass is 399 g/mol. The van der Waals surface area contributed by atoms with Gasteiger partial charge in [0.15, 0.2) is 0 Å². The molecule has 5 heteroatoms. The van der Waals surface area contributed by atoms with Crippen LogP contribution in [0.2, 0.25) is 0 Å². The van der Waals surface area contributed by atoms with Crippen molar-refractivity contribution in [2.45, 2.75) is 96.5 Å². The molecule has 160 valence electrons. The third-order valence-corrected chi connectivity index (χ3v) is 5.31. The highest BCUT2D eigenvalue weighted by Crippen LogP contribution is 2.13. The van der Waals surface area contributed by atoms with Gasteiger partial charge in [0.05, 0.1) is 11.6 Å². The summed E-state index contributed by atoms with van der Waals surface area (Å²) in [7, 11) is 0. The van der Waals surface area contributed by atoms with Crippen LogP contribution in [0.15, 0.2) is 36.4 Å². The minimum atomic E-state index is -0.335. The summed E-state index contributed by atoms with van der Waals surface area (Å²) >= 11 is 0. The lowest BCUT2D eigenvalue weighted by Crippen LogP contribution is -2.12. The fourth-order valence-corrected chi connectivity index (χ4v) is 3.53. The first-order valence-electron chi connectivity index (χ1n) is 11.4. The molecule has 0 aliphatic heterocycles. The van der Waals surface area contributed by atoms with Gasteiger partial charge in [0.1, 0.15) is 5.52 Å². The molecule has 0 saturated heterocycles. The summed E-state index contributed by atoms with van der Waals surface area (Å²) in [5, 5.41) is 18.0. The van der Waals surface area contributed by atoms with E-state index in [-0.39, 0.29) is 12.0 Å². The molecule has 1 aromatic carbocycles. The van der Waals surface area contributed by atoms with Crippen LogP contribution < -0.4 is 0 Å². The lowest BCUT2D eigenvalue weighted by Gasteiger charge is -2.06. The van der Waals surface area contributed by atoms with E-state index in [1.165, 1.54) is 43.2 Å². The van der Waals surface area contributed by atoms with Crippen LogP contribution in [0.25, 0.3) is 11.0 Å². The fourth-order valence-electron chi connectivity index (χ4n) is 3.53. The zero-order valence-electron chi connectivity index (χ0n) is 17.9. The van der Waals surface area contributed by atoms with E-state index in [9.17, 15) is 9.90 Å². The maximum atomic E-state index is 12.3. The number of carbonyl (C=O) groups excluding carboxylic acids is 1. The molecule has 1 heterocycles. The van der Waals surface area contributed by atoms with Crippen LogP contribution in [0.4, 0.5) is 0 Å². The van der Waals surface area contributed by atoms with Gasteiger partial charge in [-0.3, -0.25) is 4.79 Å². The third-order valence-electron chi connectivity index (χ3n) is 5.31. The molecule has 1 aromatic heterocycles. The number of benzene rings is 1. The van der Waals surface area contributed by atoms with E-state index >= 15 is 0 Å². The quantitative estimate of drug-likeness (QED) is 0.291. The summed E-state index contributed by atoms with van der Waals surface area (Å²) in [4.78, 5) is 12.3. The Hall–Kier alpha value is -2.01. The number of hydrogen-bond donors (Lipinski definition) is 1. The number of allylic oxidation sites excluding steroid dienone is 1. The first-order valence-corrected chi connectivity index (χ1v) is 11.4. The van der Waals surface area contributed by atoms with Crippen molar-refractivity contribution in [3.63, 3.8) is 0 Å². The van der Waals surface area contributed by atoms with E-state index < -0.39 is 0 Å². The number of nitrogens with zero attached hydrogens (tertiary/aromatic N) is 3. The lowest BCUT2D eigenvalue weighted by atomic mass is 10.1. The Morgan fingerprint density at radius 1 is 1.03 bits per heavy atom. The number of hydrogen-bond acceptors (Lipinski definition) is 4. The molecule has 5 nitrogen and oxygen atoms in total. The van der Waals surface area contributed by atoms with E-state index in [0.717, 1.165) is 49.6 Å². The average molecular weight is 400 g/mol. The van der Waals surface area contributed by atoms with Crippen LogP contribution >= 0.6 is 0 Å². The van der Waals surface area contributed by atoms with Crippen molar-refractivity contribution in [3.8, 4) is 0 Å².